The summed E-state index contributed by atoms with van der Waals surface area (Å²) in [5, 5.41) is 0. The molecule has 2 fully saturated rings. The highest BCUT2D eigenvalue weighted by Crippen LogP contribution is 2.40. The van der Waals surface area contributed by atoms with Crippen LogP contribution in [0, 0.1) is 11.7 Å². The number of methoxy groups -OCH3 is 1. The Morgan fingerprint density at radius 2 is 2.09 bits per heavy atom. The summed E-state index contributed by atoms with van der Waals surface area (Å²) in [6.07, 6.45) is 4.37. The van der Waals surface area contributed by atoms with E-state index in [4.69, 9.17) is 9.47 Å². The molecule has 3 nitrogen and oxygen atoms in total. The molecule has 1 unspecified atom stereocenters. The number of likely N-dealkylation sites (tertiary alicyclic amines) is 1. The van der Waals surface area contributed by atoms with Gasteiger partial charge in [-0.15, -0.1) is 0 Å². The molecule has 0 radical (unpaired) electrons. The van der Waals surface area contributed by atoms with Crippen molar-refractivity contribution in [3.63, 3.8) is 0 Å². The standard InChI is InChI=1S/C18H26FNO2/c1-21-11-6-15-12-18(22-14-15)7-9-20(10-8-18)13-16-4-2-3-5-17(16)19/h2-5,15H,6-14H2,1H3. The van der Waals surface area contributed by atoms with E-state index in [0.717, 1.165) is 57.6 Å². The second-order valence-electron chi connectivity index (χ2n) is 6.71. The summed E-state index contributed by atoms with van der Waals surface area (Å²) in [4.78, 5) is 2.34. The van der Waals surface area contributed by atoms with Crippen LogP contribution in [0.25, 0.3) is 0 Å². The molecule has 1 spiro atoms. The molecule has 4 heteroatoms. The minimum atomic E-state index is -0.0977. The first-order chi connectivity index (χ1) is 10.7. The molecule has 0 saturated carbocycles. The Balaban J connectivity index is 1.50. The van der Waals surface area contributed by atoms with E-state index in [0.29, 0.717) is 12.5 Å². The summed E-state index contributed by atoms with van der Waals surface area (Å²) >= 11 is 0. The van der Waals surface area contributed by atoms with Crippen LogP contribution < -0.4 is 0 Å². The first-order valence-corrected chi connectivity index (χ1v) is 8.29. The molecule has 0 amide bonds. The van der Waals surface area contributed by atoms with Gasteiger partial charge in [0.1, 0.15) is 5.82 Å². The highest BCUT2D eigenvalue weighted by atomic mass is 19.1. The summed E-state index contributed by atoms with van der Waals surface area (Å²) < 4.78 is 25.1. The first-order valence-electron chi connectivity index (χ1n) is 8.29. The maximum Gasteiger partial charge on any atom is 0.127 e. The zero-order valence-electron chi connectivity index (χ0n) is 13.4. The van der Waals surface area contributed by atoms with Crippen LogP contribution >= 0.6 is 0 Å². The van der Waals surface area contributed by atoms with Crippen molar-refractivity contribution >= 4 is 0 Å². The number of ether oxygens (including phenoxy) is 2. The van der Waals surface area contributed by atoms with Gasteiger partial charge in [0, 0.05) is 38.9 Å². The third kappa shape index (κ3) is 3.67. The Morgan fingerprint density at radius 1 is 1.32 bits per heavy atom. The maximum absolute atomic E-state index is 13.7. The van der Waals surface area contributed by atoms with E-state index in [1.807, 2.05) is 12.1 Å². The largest absolute Gasteiger partial charge is 0.385 e. The number of halogens is 1. The molecular weight excluding hydrogens is 281 g/mol. The molecule has 2 saturated heterocycles. The van der Waals surface area contributed by atoms with Crippen molar-refractivity contribution in [2.24, 2.45) is 5.92 Å². The lowest BCUT2D eigenvalue weighted by atomic mass is 9.84. The second-order valence-corrected chi connectivity index (χ2v) is 6.71. The summed E-state index contributed by atoms with van der Waals surface area (Å²) in [7, 11) is 1.76. The number of hydrogen-bond acceptors (Lipinski definition) is 3. The number of hydrogen-bond donors (Lipinski definition) is 0. The van der Waals surface area contributed by atoms with Crippen LogP contribution in [-0.2, 0) is 16.0 Å². The number of piperidine rings is 1. The van der Waals surface area contributed by atoms with Gasteiger partial charge in [0.2, 0.25) is 0 Å². The average Bonchev–Trinajstić information content (AvgIpc) is 2.93. The Labute approximate surface area is 132 Å². The molecule has 2 aliphatic heterocycles. The van der Waals surface area contributed by atoms with Crippen LogP contribution in [0.4, 0.5) is 4.39 Å². The summed E-state index contributed by atoms with van der Waals surface area (Å²) in [6, 6.07) is 7.08. The zero-order chi connectivity index (χ0) is 15.4. The minimum absolute atomic E-state index is 0.0736. The van der Waals surface area contributed by atoms with Crippen LogP contribution in [0.2, 0.25) is 0 Å². The Bertz CT molecular complexity index is 486. The van der Waals surface area contributed by atoms with Crippen LogP contribution in [-0.4, -0.2) is 43.9 Å². The Kier molecular flexibility index (Phi) is 5.11. The molecular formula is C18H26FNO2. The van der Waals surface area contributed by atoms with Gasteiger partial charge in [-0.05, 0) is 37.7 Å². The van der Waals surface area contributed by atoms with Crippen molar-refractivity contribution in [1.82, 2.24) is 4.90 Å². The van der Waals surface area contributed by atoms with Gasteiger partial charge in [0.15, 0.2) is 0 Å². The third-order valence-electron chi connectivity index (χ3n) is 5.14. The van der Waals surface area contributed by atoms with E-state index < -0.39 is 0 Å². The molecule has 122 valence electrons. The van der Waals surface area contributed by atoms with Gasteiger partial charge < -0.3 is 9.47 Å². The summed E-state index contributed by atoms with van der Waals surface area (Å²) in [5.41, 5.74) is 0.869. The van der Waals surface area contributed by atoms with Crippen molar-refractivity contribution in [2.75, 3.05) is 33.4 Å². The summed E-state index contributed by atoms with van der Waals surface area (Å²) in [6.45, 7) is 4.38. The van der Waals surface area contributed by atoms with E-state index >= 15 is 0 Å². The maximum atomic E-state index is 13.7. The van der Waals surface area contributed by atoms with Gasteiger partial charge >= 0.3 is 0 Å². The van der Waals surface area contributed by atoms with E-state index in [-0.39, 0.29) is 11.4 Å². The van der Waals surface area contributed by atoms with Crippen molar-refractivity contribution < 1.29 is 13.9 Å². The lowest BCUT2D eigenvalue weighted by molar-refractivity contribution is -0.0452. The predicted molar refractivity (Wildman–Crippen MR) is 84.2 cm³/mol. The predicted octanol–water partition coefficient (Wildman–Crippen LogP) is 3.23. The van der Waals surface area contributed by atoms with Gasteiger partial charge in [-0.3, -0.25) is 4.90 Å². The van der Waals surface area contributed by atoms with Gasteiger partial charge in [0.05, 0.1) is 12.2 Å². The number of benzene rings is 1. The lowest BCUT2D eigenvalue weighted by Gasteiger charge is -2.38. The fourth-order valence-corrected chi connectivity index (χ4v) is 3.74. The molecule has 22 heavy (non-hydrogen) atoms. The smallest absolute Gasteiger partial charge is 0.127 e. The third-order valence-corrected chi connectivity index (χ3v) is 5.14. The quantitative estimate of drug-likeness (QED) is 0.833. The average molecular weight is 307 g/mol. The van der Waals surface area contributed by atoms with E-state index in [1.54, 1.807) is 19.2 Å². The van der Waals surface area contributed by atoms with E-state index in [9.17, 15) is 4.39 Å². The van der Waals surface area contributed by atoms with Crippen LogP contribution in [0.1, 0.15) is 31.2 Å². The molecule has 1 atom stereocenters. The molecule has 2 heterocycles. The highest BCUT2D eigenvalue weighted by molar-refractivity contribution is 5.17. The molecule has 3 rings (SSSR count). The SMILES string of the molecule is COCCC1COC2(CCN(Cc3ccccc3F)CC2)C1. The molecule has 0 aliphatic carbocycles. The zero-order valence-corrected chi connectivity index (χ0v) is 13.4. The molecule has 0 N–H and O–H groups in total. The lowest BCUT2D eigenvalue weighted by Crippen LogP contribution is -2.43. The Morgan fingerprint density at radius 3 is 2.82 bits per heavy atom. The molecule has 2 aliphatic rings. The monoisotopic (exact) mass is 307 g/mol. The molecule has 0 bridgehead atoms. The second kappa shape index (κ2) is 7.07. The molecule has 0 aromatic heterocycles. The highest BCUT2D eigenvalue weighted by Gasteiger charge is 2.42. The van der Waals surface area contributed by atoms with E-state index in [1.165, 1.54) is 0 Å². The van der Waals surface area contributed by atoms with Crippen LogP contribution in [0.3, 0.4) is 0 Å². The Hall–Kier alpha value is -0.970. The van der Waals surface area contributed by atoms with Crippen LogP contribution in [0.15, 0.2) is 24.3 Å². The number of nitrogens with zero attached hydrogens (tertiary/aromatic N) is 1. The topological polar surface area (TPSA) is 21.7 Å². The van der Waals surface area contributed by atoms with Crippen molar-refractivity contribution in [1.29, 1.82) is 0 Å². The normalized spacial score (nSPS) is 24.9. The fourth-order valence-electron chi connectivity index (χ4n) is 3.74. The van der Waals surface area contributed by atoms with Crippen molar-refractivity contribution in [2.45, 2.75) is 37.8 Å². The van der Waals surface area contributed by atoms with Gasteiger partial charge in [-0.2, -0.15) is 0 Å². The van der Waals surface area contributed by atoms with E-state index in [2.05, 4.69) is 4.90 Å². The van der Waals surface area contributed by atoms with Crippen LogP contribution in [0.5, 0.6) is 0 Å². The van der Waals surface area contributed by atoms with Gasteiger partial charge in [-0.1, -0.05) is 18.2 Å². The fraction of sp³-hybridized carbons (Fsp3) is 0.667. The molecule has 1 aromatic rings. The first kappa shape index (κ1) is 15.9. The van der Waals surface area contributed by atoms with Gasteiger partial charge in [-0.25, -0.2) is 4.39 Å². The number of rotatable bonds is 5. The molecule has 1 aromatic carbocycles. The van der Waals surface area contributed by atoms with Crippen molar-refractivity contribution in [3.05, 3.63) is 35.6 Å². The van der Waals surface area contributed by atoms with Gasteiger partial charge in [0.25, 0.3) is 0 Å². The van der Waals surface area contributed by atoms with Crippen molar-refractivity contribution in [3.8, 4) is 0 Å². The minimum Gasteiger partial charge on any atom is -0.385 e. The summed E-state index contributed by atoms with van der Waals surface area (Å²) in [5.74, 6) is 0.539.